The quantitative estimate of drug-likeness (QED) is 0.334. The first kappa shape index (κ1) is 24.4. The lowest BCUT2D eigenvalue weighted by molar-refractivity contribution is -0.128. The van der Waals surface area contributed by atoms with E-state index in [1.807, 2.05) is 0 Å². The summed E-state index contributed by atoms with van der Waals surface area (Å²) in [5, 5.41) is 21.7. The van der Waals surface area contributed by atoms with E-state index in [2.05, 4.69) is 12.2 Å². The molecule has 0 aliphatic heterocycles. The Morgan fingerprint density at radius 3 is 1.64 bits per heavy atom. The molecule has 4 nitrogen and oxygen atoms in total. The number of carbonyl (C=O) groups excluding carboxylic acids is 1. The summed E-state index contributed by atoms with van der Waals surface area (Å²) in [5.41, 5.74) is 0. The summed E-state index contributed by atoms with van der Waals surface area (Å²) in [4.78, 5) is 12.0. The second-order valence-electron chi connectivity index (χ2n) is 7.62. The third-order valence-electron chi connectivity index (χ3n) is 4.86. The Balaban J connectivity index is 3.58. The minimum Gasteiger partial charge on any atom is -0.393 e. The molecule has 4 heteroatoms. The number of hydrogen-bond acceptors (Lipinski definition) is 3. The largest absolute Gasteiger partial charge is 0.393 e. The minimum atomic E-state index is -0.637. The van der Waals surface area contributed by atoms with Crippen molar-refractivity contribution in [1.29, 1.82) is 0 Å². The first-order valence-corrected chi connectivity index (χ1v) is 10.6. The fraction of sp³-hybridized carbons (Fsp3) is 0.952. The Bertz CT molecular complexity index is 306. The molecule has 0 saturated heterocycles. The van der Waals surface area contributed by atoms with Gasteiger partial charge in [-0.1, -0.05) is 84.0 Å². The maximum atomic E-state index is 12.0. The van der Waals surface area contributed by atoms with E-state index in [0.29, 0.717) is 0 Å². The lowest BCUT2D eigenvalue weighted by Gasteiger charge is -2.20. The van der Waals surface area contributed by atoms with E-state index >= 15 is 0 Å². The molecule has 0 fully saturated rings. The molecule has 0 aromatic heterocycles. The van der Waals surface area contributed by atoms with Crippen LogP contribution in [0.4, 0.5) is 0 Å². The normalized spacial score (nSPS) is 14.9. The van der Waals surface area contributed by atoms with Crippen molar-refractivity contribution in [2.24, 2.45) is 5.92 Å². The highest BCUT2D eigenvalue weighted by Gasteiger charge is 2.23. The zero-order valence-corrected chi connectivity index (χ0v) is 16.9. The SMILES string of the molecule is CCCCCCCCCCCCCCC(C(=O)NCC(C)O)C(C)O. The molecule has 0 aliphatic carbocycles. The molecule has 0 heterocycles. The van der Waals surface area contributed by atoms with E-state index in [9.17, 15) is 15.0 Å². The maximum absolute atomic E-state index is 12.0. The van der Waals surface area contributed by atoms with E-state index in [4.69, 9.17) is 0 Å². The molecule has 25 heavy (non-hydrogen) atoms. The van der Waals surface area contributed by atoms with Crippen molar-refractivity contribution in [3.63, 3.8) is 0 Å². The van der Waals surface area contributed by atoms with Crippen LogP contribution in [0.1, 0.15) is 104 Å². The second kappa shape index (κ2) is 16.8. The lowest BCUT2D eigenvalue weighted by atomic mass is 9.94. The summed E-state index contributed by atoms with van der Waals surface area (Å²) in [6.45, 7) is 5.82. The number of aliphatic hydroxyl groups excluding tert-OH is 2. The Hall–Kier alpha value is -0.610. The highest BCUT2D eigenvalue weighted by molar-refractivity contribution is 5.79. The molecular weight excluding hydrogens is 314 g/mol. The molecule has 0 radical (unpaired) electrons. The highest BCUT2D eigenvalue weighted by Crippen LogP contribution is 2.17. The summed E-state index contributed by atoms with van der Waals surface area (Å²) in [6.07, 6.45) is 15.1. The zero-order chi connectivity index (χ0) is 18.9. The molecule has 0 rings (SSSR count). The van der Waals surface area contributed by atoms with Crippen LogP contribution in [0.25, 0.3) is 0 Å². The van der Waals surface area contributed by atoms with E-state index < -0.39 is 12.2 Å². The fourth-order valence-corrected chi connectivity index (χ4v) is 3.18. The van der Waals surface area contributed by atoms with Crippen molar-refractivity contribution in [2.45, 2.75) is 116 Å². The Morgan fingerprint density at radius 1 is 0.800 bits per heavy atom. The average Bonchev–Trinajstić information content (AvgIpc) is 2.56. The predicted octanol–water partition coefficient (Wildman–Crippen LogP) is 4.57. The van der Waals surface area contributed by atoms with Crippen molar-refractivity contribution in [3.05, 3.63) is 0 Å². The number of rotatable bonds is 17. The lowest BCUT2D eigenvalue weighted by Crippen LogP contribution is -2.39. The van der Waals surface area contributed by atoms with Gasteiger partial charge in [-0.05, 0) is 20.3 Å². The van der Waals surface area contributed by atoms with Crippen molar-refractivity contribution >= 4 is 5.91 Å². The Labute approximate surface area is 155 Å². The second-order valence-corrected chi connectivity index (χ2v) is 7.62. The van der Waals surface area contributed by atoms with Crippen LogP contribution >= 0.6 is 0 Å². The standard InChI is InChI=1S/C21H43NO3/c1-4-5-6-7-8-9-10-11-12-13-14-15-16-20(19(3)24)21(25)22-17-18(2)23/h18-20,23-24H,4-17H2,1-3H3,(H,22,25). The van der Waals surface area contributed by atoms with Gasteiger partial charge in [0.1, 0.15) is 0 Å². The molecule has 3 unspecified atom stereocenters. The van der Waals surface area contributed by atoms with E-state index in [1.165, 1.54) is 64.2 Å². The van der Waals surface area contributed by atoms with E-state index in [-0.39, 0.29) is 18.4 Å². The van der Waals surface area contributed by atoms with Crippen molar-refractivity contribution in [2.75, 3.05) is 6.54 Å². The van der Waals surface area contributed by atoms with Gasteiger partial charge in [0, 0.05) is 6.54 Å². The van der Waals surface area contributed by atoms with Crippen molar-refractivity contribution in [3.8, 4) is 0 Å². The average molecular weight is 358 g/mol. The predicted molar refractivity (Wildman–Crippen MR) is 106 cm³/mol. The molecule has 0 saturated carbocycles. The summed E-state index contributed by atoms with van der Waals surface area (Å²) in [5.74, 6) is -0.499. The van der Waals surface area contributed by atoms with Gasteiger partial charge in [0.2, 0.25) is 5.91 Å². The number of hydrogen-bond donors (Lipinski definition) is 3. The van der Waals surface area contributed by atoms with Gasteiger partial charge in [0.25, 0.3) is 0 Å². The van der Waals surface area contributed by atoms with Gasteiger partial charge in [-0.15, -0.1) is 0 Å². The van der Waals surface area contributed by atoms with Crippen molar-refractivity contribution < 1.29 is 15.0 Å². The highest BCUT2D eigenvalue weighted by atomic mass is 16.3. The molecule has 3 N–H and O–H groups in total. The minimum absolute atomic E-state index is 0.140. The van der Waals surface area contributed by atoms with Gasteiger partial charge in [-0.3, -0.25) is 4.79 Å². The van der Waals surface area contributed by atoms with Gasteiger partial charge in [0.15, 0.2) is 0 Å². The molecule has 3 atom stereocenters. The van der Waals surface area contributed by atoms with Gasteiger partial charge in [-0.2, -0.15) is 0 Å². The number of amides is 1. The topological polar surface area (TPSA) is 69.6 Å². The monoisotopic (exact) mass is 357 g/mol. The molecule has 0 aromatic carbocycles. The molecule has 0 bridgehead atoms. The summed E-state index contributed by atoms with van der Waals surface area (Å²) >= 11 is 0. The van der Waals surface area contributed by atoms with Gasteiger partial charge < -0.3 is 15.5 Å². The van der Waals surface area contributed by atoms with Crippen LogP contribution in [0.5, 0.6) is 0 Å². The molecule has 0 aromatic rings. The molecule has 150 valence electrons. The first-order valence-electron chi connectivity index (χ1n) is 10.6. The fourth-order valence-electron chi connectivity index (χ4n) is 3.18. The van der Waals surface area contributed by atoms with E-state index in [0.717, 1.165) is 19.3 Å². The van der Waals surface area contributed by atoms with Crippen LogP contribution in [0, 0.1) is 5.92 Å². The molecule has 1 amide bonds. The summed E-state index contributed by atoms with van der Waals surface area (Å²) < 4.78 is 0. The van der Waals surface area contributed by atoms with E-state index in [1.54, 1.807) is 13.8 Å². The molecule has 0 spiro atoms. The Morgan fingerprint density at radius 2 is 1.24 bits per heavy atom. The smallest absolute Gasteiger partial charge is 0.225 e. The van der Waals surface area contributed by atoms with Gasteiger partial charge in [-0.25, -0.2) is 0 Å². The Kier molecular flexibility index (Phi) is 16.4. The van der Waals surface area contributed by atoms with Gasteiger partial charge in [0.05, 0.1) is 18.1 Å². The molecular formula is C21H43NO3. The van der Waals surface area contributed by atoms with Crippen LogP contribution < -0.4 is 5.32 Å². The third kappa shape index (κ3) is 15.4. The number of carbonyl (C=O) groups is 1. The van der Waals surface area contributed by atoms with Gasteiger partial charge >= 0.3 is 0 Å². The van der Waals surface area contributed by atoms with Crippen LogP contribution in [0.15, 0.2) is 0 Å². The third-order valence-corrected chi connectivity index (χ3v) is 4.86. The number of aliphatic hydroxyl groups is 2. The van der Waals surface area contributed by atoms with Crippen LogP contribution in [-0.4, -0.2) is 34.9 Å². The van der Waals surface area contributed by atoms with Crippen LogP contribution in [-0.2, 0) is 4.79 Å². The maximum Gasteiger partial charge on any atom is 0.225 e. The van der Waals surface area contributed by atoms with Crippen LogP contribution in [0.3, 0.4) is 0 Å². The van der Waals surface area contributed by atoms with Crippen LogP contribution in [0.2, 0.25) is 0 Å². The summed E-state index contributed by atoms with van der Waals surface area (Å²) in [6, 6.07) is 0. The first-order chi connectivity index (χ1) is 12.0. The zero-order valence-electron chi connectivity index (χ0n) is 16.9. The van der Waals surface area contributed by atoms with Crippen molar-refractivity contribution in [1.82, 2.24) is 5.32 Å². The molecule has 0 aliphatic rings. The number of nitrogens with one attached hydrogen (secondary N) is 1. The number of unbranched alkanes of at least 4 members (excludes halogenated alkanes) is 11. The summed E-state index contributed by atoms with van der Waals surface area (Å²) in [7, 11) is 0.